The van der Waals surface area contributed by atoms with Gasteiger partial charge in [0.15, 0.2) is 12.4 Å². The number of carbonyl (C=O) groups excluding carboxylic acids is 1. The molecule has 1 heterocycles. The van der Waals surface area contributed by atoms with Crippen LogP contribution in [0.3, 0.4) is 0 Å². The first-order valence-corrected chi connectivity index (χ1v) is 6.48. The Morgan fingerprint density at radius 2 is 1.55 bits per heavy atom. The molecule has 1 aromatic heterocycles. The summed E-state index contributed by atoms with van der Waals surface area (Å²) in [6, 6.07) is 14.7. The molecule has 22 heavy (non-hydrogen) atoms. The van der Waals surface area contributed by atoms with E-state index in [1.54, 1.807) is 17.0 Å². The molecule has 2 rings (SSSR count). The molecule has 2 aromatic rings. The first kappa shape index (κ1) is 15.2. The van der Waals surface area contributed by atoms with Crippen LogP contribution in [0, 0.1) is 0 Å². The van der Waals surface area contributed by atoms with Crippen molar-refractivity contribution in [3.05, 3.63) is 84.2 Å². The number of carbonyl (C=O) groups is 2. The summed E-state index contributed by atoms with van der Waals surface area (Å²) in [5, 5.41) is 19.7. The van der Waals surface area contributed by atoms with E-state index in [9.17, 15) is 14.7 Å². The van der Waals surface area contributed by atoms with E-state index in [0.717, 1.165) is 11.6 Å². The van der Waals surface area contributed by atoms with Crippen molar-refractivity contribution < 1.29 is 24.4 Å². The normalized spacial score (nSPS) is 12.0. The average Bonchev–Trinajstić information content (AvgIpc) is 2.52. The number of aliphatic carboxylic acids is 2. The lowest BCUT2D eigenvalue weighted by atomic mass is 10.1. The van der Waals surface area contributed by atoms with Gasteiger partial charge in [0.25, 0.3) is 0 Å². The average molecular weight is 295 g/mol. The first-order chi connectivity index (χ1) is 10.6. The molecule has 5 nitrogen and oxygen atoms in total. The summed E-state index contributed by atoms with van der Waals surface area (Å²) < 4.78 is 1.76. The van der Waals surface area contributed by atoms with E-state index in [0.29, 0.717) is 5.70 Å². The van der Waals surface area contributed by atoms with E-state index in [2.05, 4.69) is 0 Å². The monoisotopic (exact) mass is 295 g/mol. The molecule has 0 saturated carbocycles. The fourth-order valence-electron chi connectivity index (χ4n) is 1.89. The van der Waals surface area contributed by atoms with Crippen LogP contribution in [-0.2, 0) is 9.59 Å². The highest BCUT2D eigenvalue weighted by molar-refractivity contribution is 6.11. The van der Waals surface area contributed by atoms with Gasteiger partial charge in [-0.2, -0.15) is 4.57 Å². The van der Waals surface area contributed by atoms with Gasteiger partial charge >= 0.3 is 5.97 Å². The number of rotatable bonds is 5. The fraction of sp³-hybridized carbons (Fsp3) is 0. The molecular weight excluding hydrogens is 282 g/mol. The zero-order valence-corrected chi connectivity index (χ0v) is 11.5. The summed E-state index contributed by atoms with van der Waals surface area (Å²) in [5.41, 5.74) is 0.657. The van der Waals surface area contributed by atoms with Crippen LogP contribution in [-0.4, -0.2) is 17.0 Å². The Kier molecular flexibility index (Phi) is 4.82. The van der Waals surface area contributed by atoms with Crippen LogP contribution in [0.1, 0.15) is 5.56 Å². The SMILES string of the molecule is O=C([O-])C(=CC=C(c1ccccc1)[n+]1ccccc1)C(=O)O. The lowest BCUT2D eigenvalue weighted by Crippen LogP contribution is -2.32. The summed E-state index contributed by atoms with van der Waals surface area (Å²) in [5.74, 6) is -3.27. The largest absolute Gasteiger partial charge is 0.545 e. The highest BCUT2D eigenvalue weighted by atomic mass is 16.4. The number of pyridine rings is 1. The van der Waals surface area contributed by atoms with Crippen LogP contribution in [0.2, 0.25) is 0 Å². The van der Waals surface area contributed by atoms with E-state index < -0.39 is 17.5 Å². The number of hydrogen-bond donors (Lipinski definition) is 1. The number of carboxylic acid groups (broad SMARTS) is 2. The van der Waals surface area contributed by atoms with Crippen LogP contribution < -0.4 is 9.67 Å². The van der Waals surface area contributed by atoms with Crippen LogP contribution in [0.4, 0.5) is 0 Å². The maximum absolute atomic E-state index is 10.9. The first-order valence-electron chi connectivity index (χ1n) is 6.48. The quantitative estimate of drug-likeness (QED) is 0.288. The molecule has 0 amide bonds. The molecule has 1 aromatic carbocycles. The molecule has 0 saturated heterocycles. The summed E-state index contributed by atoms with van der Waals surface area (Å²) in [6.45, 7) is 0. The van der Waals surface area contributed by atoms with Gasteiger partial charge in [0, 0.05) is 23.8 Å². The molecular formula is C17H13NO4. The van der Waals surface area contributed by atoms with Crippen molar-refractivity contribution in [1.29, 1.82) is 0 Å². The van der Waals surface area contributed by atoms with E-state index in [1.165, 1.54) is 6.08 Å². The van der Waals surface area contributed by atoms with Gasteiger partial charge in [0.05, 0.1) is 11.5 Å². The van der Waals surface area contributed by atoms with Gasteiger partial charge in [-0.1, -0.05) is 24.3 Å². The number of aromatic nitrogens is 1. The second-order valence-corrected chi connectivity index (χ2v) is 4.37. The lowest BCUT2D eigenvalue weighted by molar-refractivity contribution is -0.579. The van der Waals surface area contributed by atoms with Crippen LogP contribution in [0.5, 0.6) is 0 Å². The van der Waals surface area contributed by atoms with Crippen molar-refractivity contribution in [3.63, 3.8) is 0 Å². The van der Waals surface area contributed by atoms with E-state index in [-0.39, 0.29) is 0 Å². The zero-order valence-electron chi connectivity index (χ0n) is 11.5. The third kappa shape index (κ3) is 3.67. The number of allylic oxidation sites excluding steroid dienone is 2. The summed E-state index contributed by atoms with van der Waals surface area (Å²) in [7, 11) is 0. The molecule has 0 aliphatic carbocycles. The Labute approximate surface area is 127 Å². The molecule has 110 valence electrons. The van der Waals surface area contributed by atoms with Crippen molar-refractivity contribution in [3.8, 4) is 0 Å². The third-order valence-corrected chi connectivity index (χ3v) is 2.92. The number of hydrogen-bond acceptors (Lipinski definition) is 3. The topological polar surface area (TPSA) is 81.3 Å². The maximum Gasteiger partial charge on any atom is 0.337 e. The van der Waals surface area contributed by atoms with Gasteiger partial charge in [-0.25, -0.2) is 4.79 Å². The number of carboxylic acids is 2. The van der Waals surface area contributed by atoms with E-state index in [1.807, 2.05) is 48.5 Å². The minimum atomic E-state index is -1.73. The van der Waals surface area contributed by atoms with Gasteiger partial charge in [0.2, 0.25) is 5.70 Å². The molecule has 0 bridgehead atoms. The van der Waals surface area contributed by atoms with Gasteiger partial charge in [-0.15, -0.1) is 0 Å². The fourth-order valence-corrected chi connectivity index (χ4v) is 1.89. The van der Waals surface area contributed by atoms with Gasteiger partial charge in [-0.05, 0) is 18.2 Å². The summed E-state index contributed by atoms with van der Waals surface area (Å²) >= 11 is 0. The summed E-state index contributed by atoms with van der Waals surface area (Å²) in [4.78, 5) is 21.7. The van der Waals surface area contributed by atoms with Crippen molar-refractivity contribution in [2.24, 2.45) is 0 Å². The molecule has 0 atom stereocenters. The minimum Gasteiger partial charge on any atom is -0.545 e. The molecule has 0 aliphatic heterocycles. The molecule has 5 heteroatoms. The summed E-state index contributed by atoms with van der Waals surface area (Å²) in [6.07, 6.45) is 6.03. The standard InChI is InChI=1S/C17H13NO4/c19-16(20)14(17(21)22)9-10-15(13-7-3-1-4-8-13)18-11-5-2-6-12-18/h1-12H,(H-,19,20,21,22). The second-order valence-electron chi connectivity index (χ2n) is 4.37. The Morgan fingerprint density at radius 3 is 2.09 bits per heavy atom. The van der Waals surface area contributed by atoms with Gasteiger partial charge < -0.3 is 15.0 Å². The Hall–Kier alpha value is -3.21. The smallest absolute Gasteiger partial charge is 0.337 e. The van der Waals surface area contributed by atoms with Crippen LogP contribution in [0.25, 0.3) is 5.70 Å². The van der Waals surface area contributed by atoms with Gasteiger partial charge in [0.1, 0.15) is 0 Å². The highest BCUT2D eigenvalue weighted by Gasteiger charge is 2.13. The Bertz CT molecular complexity index is 676. The van der Waals surface area contributed by atoms with E-state index >= 15 is 0 Å². The second kappa shape index (κ2) is 6.99. The zero-order chi connectivity index (χ0) is 15.9. The van der Waals surface area contributed by atoms with Crippen LogP contribution in [0.15, 0.2) is 78.6 Å². The predicted octanol–water partition coefficient (Wildman–Crippen LogP) is 0.624. The highest BCUT2D eigenvalue weighted by Crippen LogP contribution is 2.11. The van der Waals surface area contributed by atoms with Gasteiger partial charge in [-0.3, -0.25) is 0 Å². The molecule has 0 spiro atoms. The molecule has 0 radical (unpaired) electrons. The predicted molar refractivity (Wildman–Crippen MR) is 77.2 cm³/mol. The van der Waals surface area contributed by atoms with Crippen molar-refractivity contribution >= 4 is 17.6 Å². The van der Waals surface area contributed by atoms with Crippen molar-refractivity contribution in [2.45, 2.75) is 0 Å². The molecule has 0 unspecified atom stereocenters. The Balaban J connectivity index is 2.55. The minimum absolute atomic E-state index is 0.640. The van der Waals surface area contributed by atoms with Crippen molar-refractivity contribution in [1.82, 2.24) is 0 Å². The molecule has 0 aliphatic rings. The van der Waals surface area contributed by atoms with Crippen molar-refractivity contribution in [2.75, 3.05) is 0 Å². The van der Waals surface area contributed by atoms with E-state index in [4.69, 9.17) is 5.11 Å². The molecule has 1 N–H and O–H groups in total. The lowest BCUT2D eigenvalue weighted by Gasteiger charge is -2.03. The third-order valence-electron chi connectivity index (χ3n) is 2.92. The number of benzene rings is 1. The Morgan fingerprint density at radius 1 is 0.955 bits per heavy atom. The molecule has 0 fully saturated rings. The maximum atomic E-state index is 10.9. The van der Waals surface area contributed by atoms with Crippen LogP contribution >= 0.6 is 0 Å². The number of nitrogens with zero attached hydrogens (tertiary/aromatic N) is 1.